The lowest BCUT2D eigenvalue weighted by Crippen LogP contribution is -2.30. The molecule has 0 aromatic heterocycles. The number of halogens is 3. The molecule has 1 amide bonds. The Morgan fingerprint density at radius 2 is 1.82 bits per heavy atom. The number of rotatable bonds is 4. The third-order valence-electron chi connectivity index (χ3n) is 1.90. The summed E-state index contributed by atoms with van der Waals surface area (Å²) in [4.78, 5) is 21.2. The first-order chi connectivity index (χ1) is 7.91. The van der Waals surface area contributed by atoms with Crippen LogP contribution in [0.15, 0.2) is 12.1 Å². The van der Waals surface area contributed by atoms with Crippen LogP contribution in [0.25, 0.3) is 0 Å². The zero-order chi connectivity index (χ0) is 13.0. The highest BCUT2D eigenvalue weighted by molar-refractivity contribution is 5.82. The van der Waals surface area contributed by atoms with Crippen molar-refractivity contribution in [3.05, 3.63) is 35.1 Å². The van der Waals surface area contributed by atoms with Crippen LogP contribution in [0.3, 0.4) is 0 Å². The third kappa shape index (κ3) is 3.47. The number of nitrogens with one attached hydrogen (secondary N) is 1. The van der Waals surface area contributed by atoms with Crippen LogP contribution in [0.5, 0.6) is 0 Å². The van der Waals surface area contributed by atoms with Crippen LogP contribution in [0.1, 0.15) is 5.56 Å². The molecule has 0 bridgehead atoms. The van der Waals surface area contributed by atoms with Crippen molar-refractivity contribution in [2.45, 2.75) is 6.42 Å². The first kappa shape index (κ1) is 13.0. The van der Waals surface area contributed by atoms with E-state index in [0.717, 1.165) is 6.07 Å². The number of aliphatic carboxylic acids is 1. The van der Waals surface area contributed by atoms with Gasteiger partial charge in [0.05, 0.1) is 6.42 Å². The summed E-state index contributed by atoms with van der Waals surface area (Å²) in [5.41, 5.74) is -0.341. The summed E-state index contributed by atoms with van der Waals surface area (Å²) in [6.45, 7) is -0.621. The smallest absolute Gasteiger partial charge is 0.322 e. The van der Waals surface area contributed by atoms with Crippen molar-refractivity contribution in [2.24, 2.45) is 0 Å². The fraction of sp³-hybridized carbons (Fsp3) is 0.200. The van der Waals surface area contributed by atoms with E-state index in [0.29, 0.717) is 6.07 Å². The number of amides is 1. The standard InChI is InChI=1S/C10H8F3NO3/c11-6-2-1-5(9(12)10(6)13)3-7(15)14-4-8(16)17/h1-2H,3-4H2,(H,14,15)(H,16,17). The van der Waals surface area contributed by atoms with E-state index in [-0.39, 0.29) is 5.56 Å². The minimum atomic E-state index is -1.66. The highest BCUT2D eigenvalue weighted by Crippen LogP contribution is 2.15. The van der Waals surface area contributed by atoms with Crippen molar-refractivity contribution in [1.29, 1.82) is 0 Å². The lowest BCUT2D eigenvalue weighted by Gasteiger charge is -2.05. The number of carbonyl (C=O) groups excluding carboxylic acids is 1. The summed E-state index contributed by atoms with van der Waals surface area (Å²) in [6.07, 6.45) is -0.559. The monoisotopic (exact) mass is 247 g/mol. The summed E-state index contributed by atoms with van der Waals surface area (Å²) >= 11 is 0. The molecule has 0 aliphatic heterocycles. The summed E-state index contributed by atoms with van der Waals surface area (Å²) in [6, 6.07) is 1.62. The second-order valence-electron chi connectivity index (χ2n) is 3.18. The van der Waals surface area contributed by atoms with E-state index in [1.54, 1.807) is 0 Å². The number of carboxylic acids is 1. The molecule has 92 valence electrons. The van der Waals surface area contributed by atoms with E-state index in [4.69, 9.17) is 5.11 Å². The highest BCUT2D eigenvalue weighted by Gasteiger charge is 2.15. The number of carbonyl (C=O) groups is 2. The molecule has 0 spiro atoms. The molecular formula is C10H8F3NO3. The van der Waals surface area contributed by atoms with Gasteiger partial charge < -0.3 is 10.4 Å². The maximum absolute atomic E-state index is 13.1. The summed E-state index contributed by atoms with van der Waals surface area (Å²) in [7, 11) is 0. The minimum Gasteiger partial charge on any atom is -0.480 e. The number of carboxylic acid groups (broad SMARTS) is 1. The molecule has 0 radical (unpaired) electrons. The van der Waals surface area contributed by atoms with Crippen molar-refractivity contribution in [1.82, 2.24) is 5.32 Å². The van der Waals surface area contributed by atoms with Gasteiger partial charge in [0, 0.05) is 5.56 Å². The second-order valence-corrected chi connectivity index (χ2v) is 3.18. The Labute approximate surface area is 94.1 Å². The zero-order valence-corrected chi connectivity index (χ0v) is 8.47. The van der Waals surface area contributed by atoms with Gasteiger partial charge in [-0.2, -0.15) is 0 Å². The number of benzene rings is 1. The minimum absolute atomic E-state index is 0.341. The van der Waals surface area contributed by atoms with Crippen molar-refractivity contribution >= 4 is 11.9 Å². The van der Waals surface area contributed by atoms with Gasteiger partial charge >= 0.3 is 5.97 Å². The largest absolute Gasteiger partial charge is 0.480 e. The molecule has 17 heavy (non-hydrogen) atoms. The Balaban J connectivity index is 2.72. The van der Waals surface area contributed by atoms with E-state index < -0.39 is 42.3 Å². The Morgan fingerprint density at radius 1 is 1.18 bits per heavy atom. The van der Waals surface area contributed by atoms with Crippen LogP contribution in [-0.2, 0) is 16.0 Å². The van der Waals surface area contributed by atoms with E-state index >= 15 is 0 Å². The maximum atomic E-state index is 13.1. The molecule has 0 unspecified atom stereocenters. The average Bonchev–Trinajstić information content (AvgIpc) is 2.27. The molecule has 0 heterocycles. The van der Waals surface area contributed by atoms with Crippen molar-refractivity contribution in [3.8, 4) is 0 Å². The molecule has 0 aliphatic carbocycles. The molecular weight excluding hydrogens is 239 g/mol. The van der Waals surface area contributed by atoms with Crippen LogP contribution in [-0.4, -0.2) is 23.5 Å². The van der Waals surface area contributed by atoms with Gasteiger partial charge in [-0.05, 0) is 6.07 Å². The van der Waals surface area contributed by atoms with E-state index in [1.165, 1.54) is 0 Å². The maximum Gasteiger partial charge on any atom is 0.322 e. The molecule has 0 saturated carbocycles. The lowest BCUT2D eigenvalue weighted by atomic mass is 10.1. The molecule has 0 fully saturated rings. The van der Waals surface area contributed by atoms with Crippen LogP contribution in [0, 0.1) is 17.5 Å². The highest BCUT2D eigenvalue weighted by atomic mass is 19.2. The predicted molar refractivity (Wildman–Crippen MR) is 50.7 cm³/mol. The van der Waals surface area contributed by atoms with Gasteiger partial charge in [-0.1, -0.05) is 6.07 Å². The Kier molecular flexibility index (Phi) is 4.08. The molecule has 2 N–H and O–H groups in total. The molecule has 7 heteroatoms. The fourth-order valence-electron chi connectivity index (χ4n) is 1.11. The Hall–Kier alpha value is -2.05. The predicted octanol–water partition coefficient (Wildman–Crippen LogP) is 0.847. The number of hydrogen-bond acceptors (Lipinski definition) is 2. The summed E-state index contributed by atoms with van der Waals surface area (Å²) in [5.74, 6) is -6.51. The average molecular weight is 247 g/mol. The van der Waals surface area contributed by atoms with E-state index in [1.807, 2.05) is 5.32 Å². The molecule has 1 aromatic carbocycles. The topological polar surface area (TPSA) is 66.4 Å². The van der Waals surface area contributed by atoms with E-state index in [9.17, 15) is 22.8 Å². The molecule has 4 nitrogen and oxygen atoms in total. The second kappa shape index (κ2) is 5.33. The van der Waals surface area contributed by atoms with Crippen LogP contribution >= 0.6 is 0 Å². The third-order valence-corrected chi connectivity index (χ3v) is 1.90. The Morgan fingerprint density at radius 3 is 2.41 bits per heavy atom. The normalized spacial score (nSPS) is 10.1. The van der Waals surface area contributed by atoms with E-state index in [2.05, 4.69) is 0 Å². The SMILES string of the molecule is O=C(O)CNC(=O)Cc1ccc(F)c(F)c1F. The van der Waals surface area contributed by atoms with Crippen molar-refractivity contribution in [3.63, 3.8) is 0 Å². The summed E-state index contributed by atoms with van der Waals surface area (Å²) < 4.78 is 38.4. The van der Waals surface area contributed by atoms with Gasteiger partial charge in [-0.3, -0.25) is 9.59 Å². The van der Waals surface area contributed by atoms with Crippen LogP contribution in [0.2, 0.25) is 0 Å². The van der Waals surface area contributed by atoms with Crippen molar-refractivity contribution < 1.29 is 27.9 Å². The van der Waals surface area contributed by atoms with Gasteiger partial charge in [-0.25, -0.2) is 13.2 Å². The van der Waals surface area contributed by atoms with Crippen molar-refractivity contribution in [2.75, 3.05) is 6.54 Å². The number of hydrogen-bond donors (Lipinski definition) is 2. The van der Waals surface area contributed by atoms with Gasteiger partial charge in [0.25, 0.3) is 0 Å². The lowest BCUT2D eigenvalue weighted by molar-refractivity contribution is -0.137. The molecule has 1 rings (SSSR count). The van der Waals surface area contributed by atoms with Crippen LogP contribution in [0.4, 0.5) is 13.2 Å². The molecule has 1 aromatic rings. The zero-order valence-electron chi connectivity index (χ0n) is 8.47. The van der Waals surface area contributed by atoms with Gasteiger partial charge in [0.15, 0.2) is 17.5 Å². The van der Waals surface area contributed by atoms with Gasteiger partial charge in [0.1, 0.15) is 6.54 Å². The molecule has 0 saturated heterocycles. The fourth-order valence-corrected chi connectivity index (χ4v) is 1.11. The van der Waals surface area contributed by atoms with Gasteiger partial charge in [-0.15, -0.1) is 0 Å². The Bertz CT molecular complexity index is 462. The van der Waals surface area contributed by atoms with Crippen LogP contribution < -0.4 is 5.32 Å². The molecule has 0 atom stereocenters. The quantitative estimate of drug-likeness (QED) is 0.775. The summed E-state index contributed by atoms with van der Waals surface area (Å²) in [5, 5.41) is 10.2. The van der Waals surface area contributed by atoms with Gasteiger partial charge in [0.2, 0.25) is 5.91 Å². The first-order valence-corrected chi connectivity index (χ1v) is 4.52. The first-order valence-electron chi connectivity index (χ1n) is 4.52. The molecule has 0 aliphatic rings.